The predicted molar refractivity (Wildman–Crippen MR) is 83.7 cm³/mol. The van der Waals surface area contributed by atoms with E-state index in [-0.39, 0.29) is 6.04 Å². The number of hydrogen-bond donors (Lipinski definition) is 1. The summed E-state index contributed by atoms with van der Waals surface area (Å²) >= 11 is 7.02. The van der Waals surface area contributed by atoms with Gasteiger partial charge in [-0.15, -0.1) is 0 Å². The van der Waals surface area contributed by atoms with Gasteiger partial charge in [0.25, 0.3) is 0 Å². The normalized spacial score (nSPS) is 12.4. The first-order chi connectivity index (χ1) is 8.56. The molecule has 0 aliphatic rings. The monoisotopic (exact) mass is 367 g/mol. The molecule has 1 nitrogen and oxygen atoms in total. The summed E-state index contributed by atoms with van der Waals surface area (Å²) in [7, 11) is 0. The summed E-state index contributed by atoms with van der Waals surface area (Å²) in [4.78, 5) is 0. The van der Waals surface area contributed by atoms with E-state index >= 15 is 0 Å². The van der Waals surface area contributed by atoms with Crippen LogP contribution in [0.2, 0.25) is 0 Å². The SMILES string of the molecule is Cc1ccc(C(N)Cc2ccc(Br)cc2)c(Br)c1. The fourth-order valence-corrected chi connectivity index (χ4v) is 2.97. The van der Waals surface area contributed by atoms with Gasteiger partial charge < -0.3 is 5.73 Å². The van der Waals surface area contributed by atoms with Crippen LogP contribution in [0.1, 0.15) is 22.7 Å². The number of rotatable bonds is 3. The van der Waals surface area contributed by atoms with E-state index in [2.05, 4.69) is 69.1 Å². The van der Waals surface area contributed by atoms with E-state index in [1.165, 1.54) is 11.1 Å². The molecule has 2 N–H and O–H groups in total. The average Bonchev–Trinajstić information content (AvgIpc) is 2.32. The van der Waals surface area contributed by atoms with E-state index < -0.39 is 0 Å². The van der Waals surface area contributed by atoms with Crippen LogP contribution in [0.25, 0.3) is 0 Å². The van der Waals surface area contributed by atoms with Crippen molar-refractivity contribution in [1.82, 2.24) is 0 Å². The summed E-state index contributed by atoms with van der Waals surface area (Å²) in [6.07, 6.45) is 0.842. The molecule has 0 heterocycles. The molecule has 0 saturated heterocycles. The zero-order valence-corrected chi connectivity index (χ0v) is 13.3. The summed E-state index contributed by atoms with van der Waals surface area (Å²) in [5.41, 5.74) is 9.92. The summed E-state index contributed by atoms with van der Waals surface area (Å²) in [6, 6.07) is 14.6. The van der Waals surface area contributed by atoms with Crippen molar-refractivity contribution < 1.29 is 0 Å². The van der Waals surface area contributed by atoms with Crippen molar-refractivity contribution in [2.24, 2.45) is 5.73 Å². The molecule has 2 aromatic rings. The third-order valence-electron chi connectivity index (χ3n) is 2.92. The second kappa shape index (κ2) is 6.00. The molecular formula is C15H15Br2N. The lowest BCUT2D eigenvalue weighted by atomic mass is 9.99. The topological polar surface area (TPSA) is 26.0 Å². The van der Waals surface area contributed by atoms with Crippen molar-refractivity contribution >= 4 is 31.9 Å². The predicted octanol–water partition coefficient (Wildman–Crippen LogP) is 4.76. The maximum atomic E-state index is 6.27. The van der Waals surface area contributed by atoms with Crippen LogP contribution in [-0.4, -0.2) is 0 Å². The molecule has 2 aromatic carbocycles. The Balaban J connectivity index is 2.16. The average molecular weight is 369 g/mol. The maximum absolute atomic E-state index is 6.27. The maximum Gasteiger partial charge on any atom is 0.0347 e. The highest BCUT2D eigenvalue weighted by Gasteiger charge is 2.10. The highest BCUT2D eigenvalue weighted by molar-refractivity contribution is 9.10. The van der Waals surface area contributed by atoms with Crippen molar-refractivity contribution in [2.75, 3.05) is 0 Å². The van der Waals surface area contributed by atoms with Gasteiger partial charge in [0.2, 0.25) is 0 Å². The first-order valence-electron chi connectivity index (χ1n) is 5.82. The van der Waals surface area contributed by atoms with Crippen LogP contribution >= 0.6 is 31.9 Å². The van der Waals surface area contributed by atoms with E-state index in [9.17, 15) is 0 Å². The Morgan fingerprint density at radius 2 is 1.72 bits per heavy atom. The van der Waals surface area contributed by atoms with Crippen LogP contribution in [0.4, 0.5) is 0 Å². The molecule has 0 fully saturated rings. The standard InChI is InChI=1S/C15H15Br2N/c1-10-2-7-13(14(17)8-10)15(18)9-11-3-5-12(16)6-4-11/h2-8,15H,9,18H2,1H3. The van der Waals surface area contributed by atoms with Crippen LogP contribution in [0.3, 0.4) is 0 Å². The molecule has 2 rings (SSSR count). The van der Waals surface area contributed by atoms with Gasteiger partial charge in [-0.05, 0) is 48.2 Å². The summed E-state index contributed by atoms with van der Waals surface area (Å²) in [5, 5.41) is 0. The molecule has 94 valence electrons. The Morgan fingerprint density at radius 3 is 2.33 bits per heavy atom. The van der Waals surface area contributed by atoms with Gasteiger partial charge in [0.1, 0.15) is 0 Å². The number of nitrogens with two attached hydrogens (primary N) is 1. The zero-order chi connectivity index (χ0) is 13.1. The van der Waals surface area contributed by atoms with Gasteiger partial charge in [-0.3, -0.25) is 0 Å². The van der Waals surface area contributed by atoms with E-state index in [0.717, 1.165) is 20.9 Å². The molecule has 0 amide bonds. The highest BCUT2D eigenvalue weighted by atomic mass is 79.9. The largest absolute Gasteiger partial charge is 0.324 e. The number of aryl methyl sites for hydroxylation is 1. The van der Waals surface area contributed by atoms with Crippen molar-refractivity contribution in [2.45, 2.75) is 19.4 Å². The highest BCUT2D eigenvalue weighted by Crippen LogP contribution is 2.26. The van der Waals surface area contributed by atoms with Gasteiger partial charge in [0, 0.05) is 15.0 Å². The lowest BCUT2D eigenvalue weighted by Gasteiger charge is -2.14. The number of halogens is 2. The smallest absolute Gasteiger partial charge is 0.0347 e. The van der Waals surface area contributed by atoms with Crippen LogP contribution in [0.5, 0.6) is 0 Å². The van der Waals surface area contributed by atoms with E-state index in [4.69, 9.17) is 5.73 Å². The number of benzene rings is 2. The van der Waals surface area contributed by atoms with Gasteiger partial charge >= 0.3 is 0 Å². The molecule has 0 aliphatic heterocycles. The van der Waals surface area contributed by atoms with E-state index in [1.807, 2.05) is 12.1 Å². The molecule has 0 radical (unpaired) electrons. The minimum Gasteiger partial charge on any atom is -0.324 e. The van der Waals surface area contributed by atoms with Crippen molar-refractivity contribution in [3.8, 4) is 0 Å². The molecule has 0 aromatic heterocycles. The van der Waals surface area contributed by atoms with Crippen LogP contribution < -0.4 is 5.73 Å². The summed E-state index contributed by atoms with van der Waals surface area (Å²) in [5.74, 6) is 0. The Morgan fingerprint density at radius 1 is 1.06 bits per heavy atom. The lowest BCUT2D eigenvalue weighted by molar-refractivity contribution is 0.718. The third kappa shape index (κ3) is 3.44. The molecule has 0 saturated carbocycles. The summed E-state index contributed by atoms with van der Waals surface area (Å²) < 4.78 is 2.18. The Kier molecular flexibility index (Phi) is 4.60. The molecule has 0 bridgehead atoms. The van der Waals surface area contributed by atoms with E-state index in [1.54, 1.807) is 0 Å². The van der Waals surface area contributed by atoms with Gasteiger partial charge in [-0.25, -0.2) is 0 Å². The second-order valence-electron chi connectivity index (χ2n) is 4.46. The molecule has 1 atom stereocenters. The Bertz CT molecular complexity index is 535. The third-order valence-corrected chi connectivity index (χ3v) is 4.14. The van der Waals surface area contributed by atoms with Gasteiger partial charge in [0.05, 0.1) is 0 Å². The molecule has 1 unspecified atom stereocenters. The lowest BCUT2D eigenvalue weighted by Crippen LogP contribution is -2.14. The van der Waals surface area contributed by atoms with Gasteiger partial charge in [-0.2, -0.15) is 0 Å². The Hall–Kier alpha value is -0.640. The fourth-order valence-electron chi connectivity index (χ4n) is 1.92. The van der Waals surface area contributed by atoms with Gasteiger partial charge in [0.15, 0.2) is 0 Å². The quantitative estimate of drug-likeness (QED) is 0.830. The van der Waals surface area contributed by atoms with Gasteiger partial charge in [-0.1, -0.05) is 56.1 Å². The molecule has 18 heavy (non-hydrogen) atoms. The first kappa shape index (κ1) is 13.8. The first-order valence-corrected chi connectivity index (χ1v) is 7.41. The minimum absolute atomic E-state index is 0.0150. The van der Waals surface area contributed by atoms with Crippen LogP contribution in [0.15, 0.2) is 51.4 Å². The summed E-state index contributed by atoms with van der Waals surface area (Å²) in [6.45, 7) is 2.08. The second-order valence-corrected chi connectivity index (χ2v) is 6.23. The minimum atomic E-state index is 0.0150. The fraction of sp³-hybridized carbons (Fsp3) is 0.200. The van der Waals surface area contributed by atoms with E-state index in [0.29, 0.717) is 0 Å². The number of hydrogen-bond acceptors (Lipinski definition) is 1. The molecule has 0 aliphatic carbocycles. The van der Waals surface area contributed by atoms with Crippen LogP contribution in [0, 0.1) is 6.92 Å². The Labute approximate surface area is 125 Å². The molecular weight excluding hydrogens is 354 g/mol. The van der Waals surface area contributed by atoms with Crippen molar-refractivity contribution in [3.63, 3.8) is 0 Å². The van der Waals surface area contributed by atoms with Crippen LogP contribution in [-0.2, 0) is 6.42 Å². The zero-order valence-electron chi connectivity index (χ0n) is 10.2. The molecule has 3 heteroatoms. The van der Waals surface area contributed by atoms with Crippen molar-refractivity contribution in [3.05, 3.63) is 68.1 Å². The van der Waals surface area contributed by atoms with Crippen molar-refractivity contribution in [1.29, 1.82) is 0 Å². The molecule has 0 spiro atoms.